The van der Waals surface area contributed by atoms with Crippen LogP contribution in [0, 0.1) is 0 Å². The summed E-state index contributed by atoms with van der Waals surface area (Å²) in [5, 5.41) is 9.56. The lowest BCUT2D eigenvalue weighted by atomic mass is 10.2. The monoisotopic (exact) mass is 470 g/mol. The Hall–Kier alpha value is -3.49. The second kappa shape index (κ2) is 10.6. The first-order chi connectivity index (χ1) is 16.8. The first kappa shape index (κ1) is 22.3. The third kappa shape index (κ3) is 5.18. The number of benzene rings is 2. The fourth-order valence-electron chi connectivity index (χ4n) is 4.08. The summed E-state index contributed by atoms with van der Waals surface area (Å²) in [4.78, 5) is 21.4. The summed E-state index contributed by atoms with van der Waals surface area (Å²) in [6, 6.07) is 24.3. The summed E-state index contributed by atoms with van der Waals surface area (Å²) in [6.07, 6.45) is 3.49. The molecule has 172 valence electrons. The number of amides is 1. The Morgan fingerprint density at radius 3 is 2.21 bits per heavy atom. The highest BCUT2D eigenvalue weighted by molar-refractivity contribution is 7.99. The molecule has 0 aliphatic carbocycles. The number of carbonyl (C=O) groups excluding carboxylic acids is 1. The minimum absolute atomic E-state index is 0.137. The molecule has 1 aliphatic heterocycles. The van der Waals surface area contributed by atoms with E-state index in [1.54, 1.807) is 12.4 Å². The predicted molar refractivity (Wildman–Crippen MR) is 134 cm³/mol. The summed E-state index contributed by atoms with van der Waals surface area (Å²) in [7, 11) is 0. The van der Waals surface area contributed by atoms with Gasteiger partial charge < -0.3 is 4.90 Å². The standard InChI is InChI=1S/C26H26N6OS/c33-24(31-17-15-30(16-18-31)19-21-7-3-1-4-8-21)20-34-26-29-28-25(22-11-13-27-14-12-22)32(26)23-9-5-2-6-10-23/h1-14H,15-20H2. The third-order valence-corrected chi connectivity index (χ3v) is 6.80. The van der Waals surface area contributed by atoms with E-state index >= 15 is 0 Å². The van der Waals surface area contributed by atoms with Gasteiger partial charge in [-0.1, -0.05) is 60.3 Å². The fraction of sp³-hybridized carbons (Fsp3) is 0.231. The van der Waals surface area contributed by atoms with Crippen LogP contribution in [-0.2, 0) is 11.3 Å². The summed E-state index contributed by atoms with van der Waals surface area (Å²) in [6.45, 7) is 4.20. The van der Waals surface area contributed by atoms with E-state index in [1.807, 2.05) is 58.0 Å². The topological polar surface area (TPSA) is 67.2 Å². The van der Waals surface area contributed by atoms with Crippen LogP contribution in [0.2, 0.25) is 0 Å². The molecule has 0 unspecified atom stereocenters. The van der Waals surface area contributed by atoms with Crippen LogP contribution in [0.3, 0.4) is 0 Å². The molecular weight excluding hydrogens is 444 g/mol. The van der Waals surface area contributed by atoms with Crippen molar-refractivity contribution in [2.24, 2.45) is 0 Å². The number of thioether (sulfide) groups is 1. The number of nitrogens with zero attached hydrogens (tertiary/aromatic N) is 6. The number of hydrogen-bond donors (Lipinski definition) is 0. The van der Waals surface area contributed by atoms with Crippen LogP contribution in [-0.4, -0.2) is 67.4 Å². The van der Waals surface area contributed by atoms with Gasteiger partial charge in [0.25, 0.3) is 0 Å². The number of carbonyl (C=O) groups is 1. The van der Waals surface area contributed by atoms with Gasteiger partial charge >= 0.3 is 0 Å². The van der Waals surface area contributed by atoms with E-state index in [-0.39, 0.29) is 5.91 Å². The van der Waals surface area contributed by atoms with Crippen LogP contribution in [0.15, 0.2) is 90.3 Å². The normalized spacial score (nSPS) is 14.3. The van der Waals surface area contributed by atoms with Crippen molar-refractivity contribution in [1.29, 1.82) is 0 Å². The molecule has 2 aromatic heterocycles. The van der Waals surface area contributed by atoms with Gasteiger partial charge in [-0.05, 0) is 29.8 Å². The van der Waals surface area contributed by atoms with Gasteiger partial charge in [-0.2, -0.15) is 0 Å². The maximum atomic E-state index is 13.0. The second-order valence-electron chi connectivity index (χ2n) is 8.14. The van der Waals surface area contributed by atoms with Crippen molar-refractivity contribution in [3.05, 3.63) is 90.8 Å². The SMILES string of the molecule is O=C(CSc1nnc(-c2ccncc2)n1-c1ccccc1)N1CCN(Cc2ccccc2)CC1. The first-order valence-corrected chi connectivity index (χ1v) is 12.3. The van der Waals surface area contributed by atoms with Gasteiger partial charge in [0.15, 0.2) is 11.0 Å². The van der Waals surface area contributed by atoms with E-state index in [9.17, 15) is 4.79 Å². The summed E-state index contributed by atoms with van der Waals surface area (Å²) >= 11 is 1.43. The molecule has 1 aliphatic rings. The Morgan fingerprint density at radius 1 is 0.824 bits per heavy atom. The fourth-order valence-corrected chi connectivity index (χ4v) is 4.93. The molecular formula is C26H26N6OS. The van der Waals surface area contributed by atoms with Crippen LogP contribution in [0.25, 0.3) is 17.1 Å². The van der Waals surface area contributed by atoms with E-state index in [0.717, 1.165) is 49.8 Å². The van der Waals surface area contributed by atoms with Crippen LogP contribution in [0.5, 0.6) is 0 Å². The average Bonchev–Trinajstić information content (AvgIpc) is 3.33. The minimum atomic E-state index is 0.137. The molecule has 3 heterocycles. The van der Waals surface area contributed by atoms with Gasteiger partial charge in [0.1, 0.15) is 0 Å². The predicted octanol–water partition coefficient (Wildman–Crippen LogP) is 3.77. The van der Waals surface area contributed by atoms with Gasteiger partial charge in [0.05, 0.1) is 5.75 Å². The molecule has 0 atom stereocenters. The van der Waals surface area contributed by atoms with Crippen molar-refractivity contribution in [3.63, 3.8) is 0 Å². The van der Waals surface area contributed by atoms with Crippen molar-refractivity contribution in [1.82, 2.24) is 29.5 Å². The molecule has 5 rings (SSSR count). The molecule has 0 bridgehead atoms. The highest BCUT2D eigenvalue weighted by Crippen LogP contribution is 2.28. The molecule has 0 saturated carbocycles. The molecule has 34 heavy (non-hydrogen) atoms. The molecule has 0 radical (unpaired) electrons. The second-order valence-corrected chi connectivity index (χ2v) is 9.09. The Labute approximate surface area is 203 Å². The molecule has 1 saturated heterocycles. The zero-order chi connectivity index (χ0) is 23.2. The Balaban J connectivity index is 1.24. The molecule has 2 aromatic carbocycles. The number of pyridine rings is 1. The maximum Gasteiger partial charge on any atom is 0.233 e. The van der Waals surface area contributed by atoms with Crippen molar-refractivity contribution < 1.29 is 4.79 Å². The average molecular weight is 471 g/mol. The quantitative estimate of drug-likeness (QED) is 0.383. The molecule has 7 nitrogen and oxygen atoms in total. The summed E-state index contributed by atoms with van der Waals surface area (Å²) in [5.74, 6) is 1.20. The minimum Gasteiger partial charge on any atom is -0.339 e. The molecule has 0 N–H and O–H groups in total. The van der Waals surface area contributed by atoms with Crippen molar-refractivity contribution in [2.75, 3.05) is 31.9 Å². The molecule has 1 amide bonds. The van der Waals surface area contributed by atoms with Crippen molar-refractivity contribution in [3.8, 4) is 17.1 Å². The lowest BCUT2D eigenvalue weighted by Gasteiger charge is -2.34. The number of aromatic nitrogens is 4. The zero-order valence-corrected chi connectivity index (χ0v) is 19.6. The maximum absolute atomic E-state index is 13.0. The zero-order valence-electron chi connectivity index (χ0n) is 18.8. The molecule has 0 spiro atoms. The van der Waals surface area contributed by atoms with E-state index in [0.29, 0.717) is 10.9 Å². The van der Waals surface area contributed by atoms with Gasteiger partial charge in [-0.3, -0.25) is 19.2 Å². The van der Waals surface area contributed by atoms with Crippen LogP contribution in [0.4, 0.5) is 0 Å². The van der Waals surface area contributed by atoms with Crippen molar-refractivity contribution >= 4 is 17.7 Å². The van der Waals surface area contributed by atoms with Crippen LogP contribution < -0.4 is 0 Å². The highest BCUT2D eigenvalue weighted by atomic mass is 32.2. The number of rotatable bonds is 7. The number of para-hydroxylation sites is 1. The van der Waals surface area contributed by atoms with E-state index in [2.05, 4.69) is 44.3 Å². The number of piperazine rings is 1. The highest BCUT2D eigenvalue weighted by Gasteiger charge is 2.23. The lowest BCUT2D eigenvalue weighted by molar-refractivity contribution is -0.130. The van der Waals surface area contributed by atoms with Gasteiger partial charge in [0.2, 0.25) is 5.91 Å². The molecule has 8 heteroatoms. The summed E-state index contributed by atoms with van der Waals surface area (Å²) in [5.41, 5.74) is 3.20. The summed E-state index contributed by atoms with van der Waals surface area (Å²) < 4.78 is 2.01. The van der Waals surface area contributed by atoms with Crippen LogP contribution >= 0.6 is 11.8 Å². The molecule has 1 fully saturated rings. The van der Waals surface area contributed by atoms with E-state index in [1.165, 1.54) is 17.3 Å². The van der Waals surface area contributed by atoms with Gasteiger partial charge in [-0.15, -0.1) is 10.2 Å². The Morgan fingerprint density at radius 2 is 1.50 bits per heavy atom. The van der Waals surface area contributed by atoms with Crippen LogP contribution in [0.1, 0.15) is 5.56 Å². The first-order valence-electron chi connectivity index (χ1n) is 11.4. The molecule has 4 aromatic rings. The number of hydrogen-bond acceptors (Lipinski definition) is 6. The van der Waals surface area contributed by atoms with E-state index < -0.39 is 0 Å². The smallest absolute Gasteiger partial charge is 0.233 e. The Kier molecular flexibility index (Phi) is 6.97. The van der Waals surface area contributed by atoms with Gasteiger partial charge in [-0.25, -0.2) is 0 Å². The third-order valence-electron chi connectivity index (χ3n) is 5.89. The largest absolute Gasteiger partial charge is 0.339 e. The Bertz CT molecular complexity index is 1210. The van der Waals surface area contributed by atoms with Crippen molar-refractivity contribution in [2.45, 2.75) is 11.7 Å². The lowest BCUT2D eigenvalue weighted by Crippen LogP contribution is -2.48. The van der Waals surface area contributed by atoms with Gasteiger partial charge in [0, 0.05) is 56.4 Å². The van der Waals surface area contributed by atoms with E-state index in [4.69, 9.17) is 0 Å².